The Morgan fingerprint density at radius 1 is 1.04 bits per heavy atom. The van der Waals surface area contributed by atoms with E-state index < -0.39 is 0 Å². The van der Waals surface area contributed by atoms with Crippen molar-refractivity contribution in [3.05, 3.63) is 45.1 Å². The molecule has 0 saturated heterocycles. The molecule has 0 spiro atoms. The first-order valence-corrected chi connectivity index (χ1v) is 8.94. The minimum Gasteiger partial charge on any atom is -0.319 e. The van der Waals surface area contributed by atoms with E-state index in [0.717, 1.165) is 15.2 Å². The van der Waals surface area contributed by atoms with Gasteiger partial charge in [-0.25, -0.2) is 14.8 Å². The van der Waals surface area contributed by atoms with E-state index in [-0.39, 0.29) is 11.2 Å². The zero-order chi connectivity index (χ0) is 17.7. The number of thiazole rings is 1. The van der Waals surface area contributed by atoms with Crippen LogP contribution in [0.5, 0.6) is 0 Å². The third-order valence-electron chi connectivity index (χ3n) is 4.36. The molecule has 7 nitrogen and oxygen atoms in total. The van der Waals surface area contributed by atoms with Crippen LogP contribution in [-0.2, 0) is 20.1 Å². The second kappa shape index (κ2) is 5.66. The van der Waals surface area contributed by atoms with Gasteiger partial charge in [0, 0.05) is 20.1 Å². The lowest BCUT2D eigenvalue weighted by molar-refractivity contribution is 0.604. The number of hydrogen-bond donors (Lipinski definition) is 0. The predicted molar refractivity (Wildman–Crippen MR) is 99.2 cm³/mol. The summed E-state index contributed by atoms with van der Waals surface area (Å²) in [6, 6.07) is 7.86. The third-order valence-corrected chi connectivity index (χ3v) is 5.39. The summed E-state index contributed by atoms with van der Waals surface area (Å²) in [5.74, 6) is 0.601. The first kappa shape index (κ1) is 15.8. The van der Waals surface area contributed by atoms with Gasteiger partial charge >= 0.3 is 5.69 Å². The van der Waals surface area contributed by atoms with E-state index in [1.807, 2.05) is 31.2 Å². The van der Waals surface area contributed by atoms with Crippen molar-refractivity contribution >= 4 is 32.7 Å². The quantitative estimate of drug-likeness (QED) is 0.565. The van der Waals surface area contributed by atoms with Crippen molar-refractivity contribution in [1.82, 2.24) is 23.7 Å². The summed E-state index contributed by atoms with van der Waals surface area (Å²) in [6.45, 7) is 4.44. The molecule has 0 bridgehead atoms. The Hall–Kier alpha value is -2.74. The second-order valence-electron chi connectivity index (χ2n) is 5.73. The summed E-state index contributed by atoms with van der Waals surface area (Å²) in [5.41, 5.74) is 1.11. The molecule has 3 aromatic heterocycles. The Kier molecular flexibility index (Phi) is 3.57. The van der Waals surface area contributed by atoms with Gasteiger partial charge in [0.1, 0.15) is 0 Å². The van der Waals surface area contributed by atoms with Gasteiger partial charge in [-0.15, -0.1) is 11.3 Å². The van der Waals surface area contributed by atoms with Gasteiger partial charge in [0.25, 0.3) is 5.56 Å². The summed E-state index contributed by atoms with van der Waals surface area (Å²) in [4.78, 5) is 34.5. The van der Waals surface area contributed by atoms with Gasteiger partial charge in [0.05, 0.1) is 10.2 Å². The molecule has 8 heteroatoms. The molecule has 0 aliphatic rings. The van der Waals surface area contributed by atoms with Crippen molar-refractivity contribution in [2.24, 2.45) is 7.05 Å². The summed E-state index contributed by atoms with van der Waals surface area (Å²) in [6.07, 6.45) is 0. The number of nitrogens with zero attached hydrogens (tertiary/aromatic N) is 5. The maximum atomic E-state index is 12.8. The van der Waals surface area contributed by atoms with Crippen molar-refractivity contribution < 1.29 is 0 Å². The Labute approximate surface area is 146 Å². The van der Waals surface area contributed by atoms with E-state index in [1.54, 1.807) is 18.5 Å². The Morgan fingerprint density at radius 3 is 2.44 bits per heavy atom. The molecule has 25 heavy (non-hydrogen) atoms. The number of imidazole rings is 1. The minimum atomic E-state index is -0.323. The Balaban J connectivity index is 2.10. The molecular weight excluding hydrogens is 338 g/mol. The van der Waals surface area contributed by atoms with Crippen molar-refractivity contribution in [2.45, 2.75) is 26.9 Å². The molecule has 0 N–H and O–H groups in total. The van der Waals surface area contributed by atoms with E-state index in [4.69, 9.17) is 0 Å². The van der Waals surface area contributed by atoms with Crippen molar-refractivity contribution in [2.75, 3.05) is 0 Å². The fourth-order valence-electron chi connectivity index (χ4n) is 3.09. The number of para-hydroxylation sites is 1. The van der Waals surface area contributed by atoms with Crippen LogP contribution in [0.4, 0.5) is 0 Å². The van der Waals surface area contributed by atoms with Gasteiger partial charge in [-0.2, -0.15) is 0 Å². The van der Waals surface area contributed by atoms with E-state index in [0.29, 0.717) is 30.1 Å². The summed E-state index contributed by atoms with van der Waals surface area (Å²) >= 11 is 1.52. The first-order chi connectivity index (χ1) is 12.1. The van der Waals surface area contributed by atoms with E-state index >= 15 is 0 Å². The number of aromatic nitrogens is 5. The summed E-state index contributed by atoms with van der Waals surface area (Å²) in [7, 11) is 1.79. The Morgan fingerprint density at radius 2 is 1.76 bits per heavy atom. The first-order valence-electron chi connectivity index (χ1n) is 8.12. The number of hydrogen-bond acceptors (Lipinski definition) is 5. The number of aryl methyl sites for hydroxylation is 2. The van der Waals surface area contributed by atoms with Gasteiger partial charge in [-0.3, -0.25) is 13.9 Å². The molecule has 0 aliphatic carbocycles. The SMILES string of the molecule is CCn1c(=O)c2c(nc(-c3nc4ccccc4s3)n2C)n(CC)c1=O. The monoisotopic (exact) mass is 355 g/mol. The van der Waals surface area contributed by atoms with Crippen molar-refractivity contribution in [3.63, 3.8) is 0 Å². The molecule has 0 aliphatic heterocycles. The maximum Gasteiger partial charge on any atom is 0.332 e. The average molecular weight is 355 g/mol. The van der Waals surface area contributed by atoms with Crippen LogP contribution < -0.4 is 11.2 Å². The van der Waals surface area contributed by atoms with Crippen LogP contribution in [0, 0.1) is 0 Å². The highest BCUT2D eigenvalue weighted by molar-refractivity contribution is 7.21. The lowest BCUT2D eigenvalue weighted by atomic mass is 10.3. The molecule has 0 unspecified atom stereocenters. The van der Waals surface area contributed by atoms with Crippen LogP contribution in [0.15, 0.2) is 33.9 Å². The lowest BCUT2D eigenvalue weighted by Crippen LogP contribution is -2.39. The zero-order valence-corrected chi connectivity index (χ0v) is 15.0. The maximum absolute atomic E-state index is 12.8. The van der Waals surface area contributed by atoms with Crippen LogP contribution in [0.1, 0.15) is 13.8 Å². The topological polar surface area (TPSA) is 74.7 Å². The van der Waals surface area contributed by atoms with E-state index in [9.17, 15) is 9.59 Å². The van der Waals surface area contributed by atoms with Gasteiger partial charge in [-0.1, -0.05) is 12.1 Å². The number of fused-ring (bicyclic) bond motifs is 2. The third kappa shape index (κ3) is 2.17. The van der Waals surface area contributed by atoms with Crippen LogP contribution in [0.3, 0.4) is 0 Å². The molecule has 1 aromatic carbocycles. The highest BCUT2D eigenvalue weighted by Crippen LogP contribution is 2.30. The number of benzene rings is 1. The molecule has 4 aromatic rings. The lowest BCUT2D eigenvalue weighted by Gasteiger charge is -2.08. The molecule has 0 atom stereocenters. The van der Waals surface area contributed by atoms with Crippen molar-refractivity contribution in [3.8, 4) is 10.8 Å². The van der Waals surface area contributed by atoms with Crippen molar-refractivity contribution in [1.29, 1.82) is 0 Å². The zero-order valence-electron chi connectivity index (χ0n) is 14.2. The molecule has 128 valence electrons. The highest BCUT2D eigenvalue weighted by Gasteiger charge is 2.21. The Bertz CT molecular complexity index is 1190. The minimum absolute atomic E-state index is 0.311. The van der Waals surface area contributed by atoms with Gasteiger partial charge in [-0.05, 0) is 26.0 Å². The highest BCUT2D eigenvalue weighted by atomic mass is 32.1. The molecule has 3 heterocycles. The molecule has 0 fully saturated rings. The van der Waals surface area contributed by atoms with Crippen LogP contribution in [-0.4, -0.2) is 23.7 Å². The van der Waals surface area contributed by atoms with Gasteiger partial charge in [0.15, 0.2) is 22.0 Å². The molecule has 4 rings (SSSR count). The standard InChI is InChI=1S/C17H17N5O2S/c1-4-21-13-12(16(23)22(5-2)17(21)24)20(3)14(19-13)15-18-10-8-6-7-9-11(10)25-15/h6-9H,4-5H2,1-3H3. The fourth-order valence-corrected chi connectivity index (χ4v) is 4.08. The number of rotatable bonds is 3. The van der Waals surface area contributed by atoms with Crippen LogP contribution >= 0.6 is 11.3 Å². The van der Waals surface area contributed by atoms with E-state index in [1.165, 1.54) is 20.5 Å². The molecule has 0 saturated carbocycles. The molecular formula is C17H17N5O2S. The normalized spacial score (nSPS) is 11.6. The van der Waals surface area contributed by atoms with Gasteiger partial charge in [0.2, 0.25) is 0 Å². The largest absolute Gasteiger partial charge is 0.332 e. The predicted octanol–water partition coefficient (Wildman–Crippen LogP) is 2.21. The van der Waals surface area contributed by atoms with E-state index in [2.05, 4.69) is 9.97 Å². The average Bonchev–Trinajstić information content (AvgIpc) is 3.17. The molecule has 0 radical (unpaired) electrons. The summed E-state index contributed by atoms with van der Waals surface area (Å²) in [5, 5.41) is 0.734. The molecule has 0 amide bonds. The second-order valence-corrected chi connectivity index (χ2v) is 6.76. The van der Waals surface area contributed by atoms with Crippen LogP contribution in [0.25, 0.3) is 32.2 Å². The van der Waals surface area contributed by atoms with Crippen LogP contribution in [0.2, 0.25) is 0 Å². The van der Waals surface area contributed by atoms with Gasteiger partial charge < -0.3 is 4.57 Å². The smallest absolute Gasteiger partial charge is 0.319 e. The summed E-state index contributed by atoms with van der Waals surface area (Å²) < 4.78 is 5.59. The fraction of sp³-hybridized carbons (Fsp3) is 0.294.